The van der Waals surface area contributed by atoms with Crippen molar-refractivity contribution in [3.8, 4) is 0 Å². The second-order valence-electron chi connectivity index (χ2n) is 6.25. The first-order chi connectivity index (χ1) is 11.5. The second-order valence-corrected chi connectivity index (χ2v) is 6.25. The number of hydrogen-bond donors (Lipinski definition) is 1. The van der Waals surface area contributed by atoms with Crippen LogP contribution >= 0.6 is 0 Å². The van der Waals surface area contributed by atoms with Gasteiger partial charge in [0, 0.05) is 13.6 Å². The Morgan fingerprint density at radius 2 is 1.83 bits per heavy atom. The van der Waals surface area contributed by atoms with Crippen LogP contribution in [0, 0.1) is 0 Å². The fourth-order valence-electron chi connectivity index (χ4n) is 2.89. The van der Waals surface area contributed by atoms with Gasteiger partial charge in [0.1, 0.15) is 5.82 Å². The monoisotopic (exact) mass is 335 g/mol. The average molecular weight is 335 g/mol. The minimum atomic E-state index is -0.419. The highest BCUT2D eigenvalue weighted by Gasteiger charge is 2.18. The molecule has 1 N–H and O–H groups in total. The average Bonchev–Trinajstić information content (AvgIpc) is 2.93. The summed E-state index contributed by atoms with van der Waals surface area (Å²) in [6, 6.07) is 0. The van der Waals surface area contributed by atoms with Crippen molar-refractivity contribution in [3.63, 3.8) is 0 Å². The molecule has 2 aromatic heterocycles. The largest absolute Gasteiger partial charge is 0.329 e. The van der Waals surface area contributed by atoms with Crippen molar-refractivity contribution in [1.29, 1.82) is 0 Å². The van der Waals surface area contributed by atoms with E-state index in [0.717, 1.165) is 51.1 Å². The van der Waals surface area contributed by atoms with Gasteiger partial charge < -0.3 is 4.57 Å². The van der Waals surface area contributed by atoms with Gasteiger partial charge in [-0.2, -0.15) is 0 Å². The number of nitrogens with one attached hydrogen (secondary N) is 1. The Labute approximate surface area is 142 Å². The number of imidazole rings is 1. The molecule has 0 saturated heterocycles. The molecule has 0 radical (unpaired) electrons. The molecule has 0 bridgehead atoms. The Morgan fingerprint density at radius 1 is 1.12 bits per heavy atom. The smallest absolute Gasteiger partial charge is 0.321 e. The van der Waals surface area contributed by atoms with Crippen LogP contribution in [-0.4, -0.2) is 37.1 Å². The minimum absolute atomic E-state index is 0.348. The van der Waals surface area contributed by atoms with Gasteiger partial charge in [-0.1, -0.05) is 33.6 Å². The van der Waals surface area contributed by atoms with E-state index in [0.29, 0.717) is 17.7 Å². The number of hydrogen-bond acceptors (Lipinski definition) is 4. The molecular formula is C17H29N5O2. The van der Waals surface area contributed by atoms with Gasteiger partial charge in [-0.25, -0.2) is 9.78 Å². The maximum absolute atomic E-state index is 12.3. The van der Waals surface area contributed by atoms with Crippen LogP contribution in [-0.2, 0) is 20.1 Å². The molecule has 2 aromatic rings. The lowest BCUT2D eigenvalue weighted by atomic mass is 10.3. The number of fused-ring (bicyclic) bond motifs is 1. The lowest BCUT2D eigenvalue weighted by molar-refractivity contribution is 0.264. The topological polar surface area (TPSA) is 75.9 Å². The molecule has 0 aromatic carbocycles. The van der Waals surface area contributed by atoms with Crippen LogP contribution in [0.25, 0.3) is 11.2 Å². The number of aromatic amines is 1. The second kappa shape index (κ2) is 8.28. The van der Waals surface area contributed by atoms with Crippen LogP contribution in [0.3, 0.4) is 0 Å². The molecular weight excluding hydrogens is 306 g/mol. The predicted molar refractivity (Wildman–Crippen MR) is 96.4 cm³/mol. The summed E-state index contributed by atoms with van der Waals surface area (Å²) in [5.41, 5.74) is 0.213. The van der Waals surface area contributed by atoms with E-state index < -0.39 is 5.69 Å². The molecule has 0 amide bonds. The van der Waals surface area contributed by atoms with Crippen LogP contribution in [0.2, 0.25) is 0 Å². The third-order valence-corrected chi connectivity index (χ3v) is 4.46. The van der Waals surface area contributed by atoms with E-state index in [2.05, 4.69) is 35.6 Å². The predicted octanol–water partition coefficient (Wildman–Crippen LogP) is 1.85. The first-order valence-corrected chi connectivity index (χ1v) is 8.94. The lowest BCUT2D eigenvalue weighted by Gasteiger charge is -2.20. The number of rotatable bonds is 9. The number of aryl methyl sites for hydroxylation is 2. The van der Waals surface area contributed by atoms with Gasteiger partial charge in [0.05, 0.1) is 6.54 Å². The van der Waals surface area contributed by atoms with E-state index in [1.807, 2.05) is 4.57 Å². The number of aromatic nitrogens is 4. The quantitative estimate of drug-likeness (QED) is 0.759. The molecule has 2 rings (SSSR count). The third kappa shape index (κ3) is 3.77. The van der Waals surface area contributed by atoms with Gasteiger partial charge in [0.2, 0.25) is 0 Å². The first-order valence-electron chi connectivity index (χ1n) is 8.94. The molecule has 0 atom stereocenters. The highest BCUT2D eigenvalue weighted by molar-refractivity contribution is 5.70. The zero-order chi connectivity index (χ0) is 17.7. The van der Waals surface area contributed by atoms with E-state index in [1.165, 1.54) is 4.57 Å². The highest BCUT2D eigenvalue weighted by atomic mass is 16.2. The van der Waals surface area contributed by atoms with Gasteiger partial charge in [-0.15, -0.1) is 0 Å². The summed E-state index contributed by atoms with van der Waals surface area (Å²) in [5.74, 6) is 0.864. The van der Waals surface area contributed by atoms with Gasteiger partial charge in [-0.3, -0.25) is 19.2 Å². The summed E-state index contributed by atoms with van der Waals surface area (Å²) in [6.07, 6.45) is 4.30. The van der Waals surface area contributed by atoms with Crippen molar-refractivity contribution in [2.75, 3.05) is 13.1 Å². The molecule has 0 unspecified atom stereocenters. The van der Waals surface area contributed by atoms with E-state index in [9.17, 15) is 9.59 Å². The zero-order valence-electron chi connectivity index (χ0n) is 15.3. The highest BCUT2D eigenvalue weighted by Crippen LogP contribution is 2.14. The van der Waals surface area contributed by atoms with Crippen LogP contribution in [0.1, 0.15) is 52.3 Å². The molecule has 7 nitrogen and oxygen atoms in total. The van der Waals surface area contributed by atoms with Gasteiger partial charge >= 0.3 is 5.69 Å². The van der Waals surface area contributed by atoms with E-state index in [-0.39, 0.29) is 5.56 Å². The Hall–Kier alpha value is -1.89. The molecule has 7 heteroatoms. The maximum Gasteiger partial charge on any atom is 0.329 e. The fraction of sp³-hybridized carbons (Fsp3) is 0.706. The summed E-state index contributed by atoms with van der Waals surface area (Å²) in [5, 5.41) is 0. The Balaban J connectivity index is 2.51. The van der Waals surface area contributed by atoms with Crippen LogP contribution in [0.15, 0.2) is 9.59 Å². The van der Waals surface area contributed by atoms with E-state index in [1.54, 1.807) is 7.05 Å². The van der Waals surface area contributed by atoms with Crippen molar-refractivity contribution in [1.82, 2.24) is 24.0 Å². The van der Waals surface area contributed by atoms with Gasteiger partial charge in [0.15, 0.2) is 11.2 Å². The third-order valence-electron chi connectivity index (χ3n) is 4.46. The first kappa shape index (κ1) is 18.4. The SMILES string of the molecule is CCCCN(CC)Cc1nc2c(c(=O)[nH]c(=O)n2C)n1CCCC. The van der Waals surface area contributed by atoms with Gasteiger partial charge in [-0.05, 0) is 25.9 Å². The number of H-pyrrole nitrogens is 1. The molecule has 0 aliphatic rings. The zero-order valence-corrected chi connectivity index (χ0v) is 15.3. The Kier molecular flexibility index (Phi) is 6.36. The van der Waals surface area contributed by atoms with Crippen molar-refractivity contribution in [3.05, 3.63) is 26.7 Å². The summed E-state index contributed by atoms with van der Waals surface area (Å²) in [4.78, 5) is 33.6. The van der Waals surface area contributed by atoms with Crippen molar-refractivity contribution >= 4 is 11.2 Å². The van der Waals surface area contributed by atoms with Crippen molar-refractivity contribution in [2.24, 2.45) is 7.05 Å². The molecule has 2 heterocycles. The van der Waals surface area contributed by atoms with Gasteiger partial charge in [0.25, 0.3) is 5.56 Å². The Morgan fingerprint density at radius 3 is 2.46 bits per heavy atom. The fourth-order valence-corrected chi connectivity index (χ4v) is 2.89. The molecule has 0 aliphatic carbocycles. The van der Waals surface area contributed by atoms with Crippen molar-refractivity contribution in [2.45, 2.75) is 59.5 Å². The molecule has 0 fully saturated rings. The number of nitrogens with zero attached hydrogens (tertiary/aromatic N) is 4. The molecule has 0 aliphatic heterocycles. The Bertz CT molecular complexity index is 787. The summed E-state index contributed by atoms with van der Waals surface area (Å²) in [6.45, 7) is 9.83. The van der Waals surface area contributed by atoms with Crippen LogP contribution in [0.5, 0.6) is 0 Å². The lowest BCUT2D eigenvalue weighted by Crippen LogP contribution is -2.29. The van der Waals surface area contributed by atoms with E-state index >= 15 is 0 Å². The standard InChI is InChI=1S/C17H29N5O2/c1-5-8-10-21(7-3)12-13-18-15-14(22(13)11-9-6-2)16(23)19-17(24)20(15)4/h5-12H2,1-4H3,(H,19,23,24). The molecule has 24 heavy (non-hydrogen) atoms. The normalized spacial score (nSPS) is 11.7. The molecule has 0 spiro atoms. The molecule has 134 valence electrons. The maximum atomic E-state index is 12.3. The molecule has 0 saturated carbocycles. The minimum Gasteiger partial charge on any atom is -0.321 e. The summed E-state index contributed by atoms with van der Waals surface area (Å²) >= 11 is 0. The van der Waals surface area contributed by atoms with E-state index in [4.69, 9.17) is 0 Å². The summed E-state index contributed by atoms with van der Waals surface area (Å²) < 4.78 is 3.41. The van der Waals surface area contributed by atoms with Crippen LogP contribution < -0.4 is 11.2 Å². The van der Waals surface area contributed by atoms with Crippen LogP contribution in [0.4, 0.5) is 0 Å². The number of unbranched alkanes of at least 4 members (excludes halogenated alkanes) is 2. The summed E-state index contributed by atoms with van der Waals surface area (Å²) in [7, 11) is 1.65. The van der Waals surface area contributed by atoms with Crippen molar-refractivity contribution < 1.29 is 0 Å².